The molecule has 118 valence electrons. The Bertz CT molecular complexity index is 681. The second-order valence-electron chi connectivity index (χ2n) is 4.26. The van der Waals surface area contributed by atoms with E-state index >= 15 is 0 Å². The predicted molar refractivity (Wildman–Crippen MR) is 83.3 cm³/mol. The Balaban J connectivity index is 2.38. The lowest BCUT2D eigenvalue weighted by atomic mass is 10.2. The summed E-state index contributed by atoms with van der Waals surface area (Å²) in [4.78, 5) is 0. The summed E-state index contributed by atoms with van der Waals surface area (Å²) in [6.45, 7) is 0. The Kier molecular flexibility index (Phi) is 5.40. The number of alkyl halides is 4. The van der Waals surface area contributed by atoms with Crippen LogP contribution in [-0.2, 0) is 11.5 Å². The molecule has 0 N–H and O–H groups in total. The predicted octanol–water partition coefficient (Wildman–Crippen LogP) is 6.95. The molecule has 0 spiro atoms. The molecule has 2 aromatic carbocycles. The zero-order chi connectivity index (χ0) is 16.5. The maximum atomic E-state index is 13.9. The molecule has 0 atom stereocenters. The summed E-state index contributed by atoms with van der Waals surface area (Å²) in [6.07, 6.45) is -4.68. The average molecular weight is 462 g/mol. The fourth-order valence-corrected chi connectivity index (χ4v) is 3.13. The van der Waals surface area contributed by atoms with E-state index in [-0.39, 0.29) is 5.75 Å². The van der Waals surface area contributed by atoms with Gasteiger partial charge in [-0.3, -0.25) is 0 Å². The maximum Gasteiger partial charge on any atom is 0.416 e. The fourth-order valence-electron chi connectivity index (χ4n) is 1.66. The average Bonchev–Trinajstić information content (AvgIpc) is 2.43. The molecule has 0 aliphatic heterocycles. The normalized spacial score (nSPS) is 11.6. The van der Waals surface area contributed by atoms with Crippen molar-refractivity contribution in [2.45, 2.75) is 11.5 Å². The highest BCUT2D eigenvalue weighted by molar-refractivity contribution is 9.10. The Morgan fingerprint density at radius 2 is 1.82 bits per heavy atom. The minimum Gasteiger partial charge on any atom is -0.453 e. The van der Waals surface area contributed by atoms with E-state index < -0.39 is 28.3 Å². The molecule has 0 aromatic heterocycles. The zero-order valence-electron chi connectivity index (χ0n) is 10.6. The van der Waals surface area contributed by atoms with Crippen molar-refractivity contribution in [3.05, 3.63) is 56.8 Å². The van der Waals surface area contributed by atoms with E-state index in [1.54, 1.807) is 18.2 Å². The van der Waals surface area contributed by atoms with Crippen LogP contribution in [-0.4, -0.2) is 0 Å². The van der Waals surface area contributed by atoms with Crippen LogP contribution in [0.3, 0.4) is 0 Å². The molecule has 0 amide bonds. The molecule has 0 aliphatic carbocycles. The highest BCUT2D eigenvalue weighted by Gasteiger charge is 2.32. The van der Waals surface area contributed by atoms with E-state index in [2.05, 4.69) is 31.9 Å². The van der Waals surface area contributed by atoms with E-state index in [0.29, 0.717) is 17.5 Å². The van der Waals surface area contributed by atoms with Gasteiger partial charge in [-0.05, 0) is 35.9 Å². The molecule has 2 aromatic rings. The third kappa shape index (κ3) is 3.94. The third-order valence-corrected chi connectivity index (χ3v) is 4.37. The minimum absolute atomic E-state index is 0.262. The summed E-state index contributed by atoms with van der Waals surface area (Å²) in [5.41, 5.74) is -0.333. The van der Waals surface area contributed by atoms with Gasteiger partial charge >= 0.3 is 6.18 Å². The van der Waals surface area contributed by atoms with Crippen LogP contribution in [0, 0.1) is 5.82 Å². The SMILES string of the molecule is Fc1cc(C(F)(F)F)cc(Cl)c1Oc1ccc(Br)c(CBr)c1. The number of halogens is 7. The number of ether oxygens (including phenoxy) is 1. The Morgan fingerprint density at radius 3 is 2.36 bits per heavy atom. The maximum absolute atomic E-state index is 13.9. The van der Waals surface area contributed by atoms with E-state index in [1.165, 1.54) is 0 Å². The highest BCUT2D eigenvalue weighted by Crippen LogP contribution is 2.39. The Morgan fingerprint density at radius 1 is 1.14 bits per heavy atom. The summed E-state index contributed by atoms with van der Waals surface area (Å²) in [5.74, 6) is -1.36. The lowest BCUT2D eigenvalue weighted by Crippen LogP contribution is -2.06. The lowest BCUT2D eigenvalue weighted by molar-refractivity contribution is -0.137. The summed E-state index contributed by atoms with van der Waals surface area (Å²) < 4.78 is 57.7. The molecule has 0 aliphatic rings. The first-order valence-corrected chi connectivity index (χ1v) is 8.10. The standard InChI is InChI=1S/C14H7Br2ClF4O/c15-6-7-3-9(1-2-10(7)16)22-13-11(17)4-8(5-12(13)18)14(19,20)21/h1-5H,6H2. The number of rotatable bonds is 3. The van der Waals surface area contributed by atoms with Crippen molar-refractivity contribution in [2.24, 2.45) is 0 Å². The largest absolute Gasteiger partial charge is 0.453 e. The third-order valence-electron chi connectivity index (χ3n) is 2.71. The van der Waals surface area contributed by atoms with Gasteiger partial charge in [-0.1, -0.05) is 43.5 Å². The molecule has 0 radical (unpaired) electrons. The van der Waals surface area contributed by atoms with Crippen LogP contribution >= 0.6 is 43.5 Å². The summed E-state index contributed by atoms with van der Waals surface area (Å²) in [6, 6.07) is 5.83. The van der Waals surface area contributed by atoms with Crippen LogP contribution in [0.25, 0.3) is 0 Å². The molecule has 0 saturated carbocycles. The second-order valence-corrected chi connectivity index (χ2v) is 6.08. The van der Waals surface area contributed by atoms with Crippen LogP contribution in [0.15, 0.2) is 34.8 Å². The van der Waals surface area contributed by atoms with Crippen LogP contribution in [0.1, 0.15) is 11.1 Å². The van der Waals surface area contributed by atoms with Gasteiger partial charge in [-0.2, -0.15) is 13.2 Å². The second kappa shape index (κ2) is 6.76. The van der Waals surface area contributed by atoms with E-state index in [1.807, 2.05) is 0 Å². The van der Waals surface area contributed by atoms with Gasteiger partial charge in [0.15, 0.2) is 11.6 Å². The molecule has 0 bridgehead atoms. The molecule has 2 rings (SSSR count). The molecule has 0 heterocycles. The number of benzene rings is 2. The Hall–Kier alpha value is -0.790. The first kappa shape index (κ1) is 17.6. The number of hydrogen-bond donors (Lipinski definition) is 0. The molecule has 0 unspecified atom stereocenters. The van der Waals surface area contributed by atoms with E-state index in [9.17, 15) is 17.6 Å². The molecular formula is C14H7Br2ClF4O. The van der Waals surface area contributed by atoms with Crippen molar-refractivity contribution in [3.8, 4) is 11.5 Å². The first-order valence-electron chi connectivity index (χ1n) is 5.81. The topological polar surface area (TPSA) is 9.23 Å². The van der Waals surface area contributed by atoms with E-state index in [0.717, 1.165) is 10.0 Å². The van der Waals surface area contributed by atoms with Crippen molar-refractivity contribution in [1.82, 2.24) is 0 Å². The van der Waals surface area contributed by atoms with Gasteiger partial charge in [-0.15, -0.1) is 0 Å². The van der Waals surface area contributed by atoms with Gasteiger partial charge < -0.3 is 4.74 Å². The van der Waals surface area contributed by atoms with Crippen molar-refractivity contribution < 1.29 is 22.3 Å². The van der Waals surface area contributed by atoms with Gasteiger partial charge in [0.25, 0.3) is 0 Å². The van der Waals surface area contributed by atoms with Gasteiger partial charge in [0.1, 0.15) is 5.75 Å². The molecule has 8 heteroatoms. The molecular weight excluding hydrogens is 455 g/mol. The smallest absolute Gasteiger partial charge is 0.416 e. The van der Waals surface area contributed by atoms with Gasteiger partial charge in [0, 0.05) is 9.80 Å². The molecule has 22 heavy (non-hydrogen) atoms. The molecule has 0 fully saturated rings. The van der Waals surface area contributed by atoms with Crippen molar-refractivity contribution >= 4 is 43.5 Å². The minimum atomic E-state index is -4.68. The van der Waals surface area contributed by atoms with Gasteiger partial charge in [-0.25, -0.2) is 4.39 Å². The summed E-state index contributed by atoms with van der Waals surface area (Å²) >= 11 is 12.3. The van der Waals surface area contributed by atoms with Crippen molar-refractivity contribution in [2.75, 3.05) is 0 Å². The van der Waals surface area contributed by atoms with E-state index in [4.69, 9.17) is 16.3 Å². The monoisotopic (exact) mass is 460 g/mol. The van der Waals surface area contributed by atoms with Crippen molar-refractivity contribution in [3.63, 3.8) is 0 Å². The number of hydrogen-bond acceptors (Lipinski definition) is 1. The van der Waals surface area contributed by atoms with Crippen LogP contribution in [0.4, 0.5) is 17.6 Å². The van der Waals surface area contributed by atoms with Crippen LogP contribution in [0.5, 0.6) is 11.5 Å². The van der Waals surface area contributed by atoms with Crippen molar-refractivity contribution in [1.29, 1.82) is 0 Å². The molecule has 0 saturated heterocycles. The van der Waals surface area contributed by atoms with Gasteiger partial charge in [0.05, 0.1) is 10.6 Å². The van der Waals surface area contributed by atoms with Gasteiger partial charge in [0.2, 0.25) is 0 Å². The summed E-state index contributed by atoms with van der Waals surface area (Å²) in [7, 11) is 0. The fraction of sp³-hybridized carbons (Fsp3) is 0.143. The van der Waals surface area contributed by atoms with Crippen LogP contribution in [0.2, 0.25) is 5.02 Å². The Labute approximate surface area is 145 Å². The highest BCUT2D eigenvalue weighted by atomic mass is 79.9. The molecule has 1 nitrogen and oxygen atoms in total. The summed E-state index contributed by atoms with van der Waals surface area (Å²) in [5, 5.41) is 0.0733. The quantitative estimate of drug-likeness (QED) is 0.354. The lowest BCUT2D eigenvalue weighted by Gasteiger charge is -2.13. The van der Waals surface area contributed by atoms with Crippen LogP contribution < -0.4 is 4.74 Å². The first-order chi connectivity index (χ1) is 10.2. The zero-order valence-corrected chi connectivity index (χ0v) is 14.6.